The lowest BCUT2D eigenvalue weighted by molar-refractivity contribution is -0.385. The van der Waals surface area contributed by atoms with Crippen molar-refractivity contribution >= 4 is 45.5 Å². The van der Waals surface area contributed by atoms with Gasteiger partial charge in [0.25, 0.3) is 5.69 Å². The van der Waals surface area contributed by atoms with Crippen molar-refractivity contribution in [2.75, 3.05) is 5.75 Å². The van der Waals surface area contributed by atoms with Crippen LogP contribution in [0.1, 0.15) is 11.1 Å². The summed E-state index contributed by atoms with van der Waals surface area (Å²) in [6, 6.07) is 14.0. The summed E-state index contributed by atoms with van der Waals surface area (Å²) in [4.78, 5) is 22.1. The second kappa shape index (κ2) is 9.19. The molecule has 0 aliphatic carbocycles. The van der Waals surface area contributed by atoms with Crippen LogP contribution in [0.2, 0.25) is 0 Å². The van der Waals surface area contributed by atoms with Crippen LogP contribution in [-0.2, 0) is 10.5 Å². The van der Waals surface area contributed by atoms with E-state index in [1.807, 2.05) is 24.3 Å². The molecular weight excluding hydrogens is 394 g/mol. The summed E-state index contributed by atoms with van der Waals surface area (Å²) in [5, 5.41) is 14.6. The average Bonchev–Trinajstić information content (AvgIpc) is 2.57. The van der Waals surface area contributed by atoms with Gasteiger partial charge in [0.2, 0.25) is 5.91 Å². The molecule has 24 heavy (non-hydrogen) atoms. The van der Waals surface area contributed by atoms with Gasteiger partial charge in [-0.1, -0.05) is 46.3 Å². The highest BCUT2D eigenvalue weighted by Gasteiger charge is 2.10. The van der Waals surface area contributed by atoms with Gasteiger partial charge in [0.1, 0.15) is 0 Å². The molecule has 2 aromatic carbocycles. The van der Waals surface area contributed by atoms with Crippen LogP contribution in [0.3, 0.4) is 0 Å². The minimum atomic E-state index is -0.489. The van der Waals surface area contributed by atoms with E-state index >= 15 is 0 Å². The number of nitrogens with one attached hydrogen (secondary N) is 1. The number of para-hydroxylation sites is 1. The van der Waals surface area contributed by atoms with Crippen LogP contribution >= 0.6 is 27.7 Å². The number of nitrogens with zero attached hydrogens (tertiary/aromatic N) is 2. The Morgan fingerprint density at radius 1 is 1.25 bits per heavy atom. The molecule has 0 aliphatic rings. The first-order valence-electron chi connectivity index (χ1n) is 6.94. The fraction of sp³-hybridized carbons (Fsp3) is 0.125. The number of hydrogen-bond acceptors (Lipinski definition) is 5. The molecule has 1 N–H and O–H groups in total. The van der Waals surface area contributed by atoms with Crippen molar-refractivity contribution in [1.82, 2.24) is 5.43 Å². The molecule has 0 radical (unpaired) electrons. The minimum absolute atomic E-state index is 0.0567. The average molecular weight is 408 g/mol. The summed E-state index contributed by atoms with van der Waals surface area (Å²) < 4.78 is 1.01. The van der Waals surface area contributed by atoms with Gasteiger partial charge in [-0.2, -0.15) is 5.10 Å². The van der Waals surface area contributed by atoms with Crippen molar-refractivity contribution in [3.05, 3.63) is 74.2 Å². The van der Waals surface area contributed by atoms with Crippen LogP contribution in [0.15, 0.2) is 58.1 Å². The Balaban J connectivity index is 1.81. The molecule has 8 heteroatoms. The largest absolute Gasteiger partial charge is 0.278 e. The SMILES string of the molecule is O=C(CSCc1ccccc1Br)NN=Cc1ccccc1[N+](=O)[O-]. The molecule has 0 heterocycles. The molecule has 0 atom stereocenters. The normalized spacial score (nSPS) is 10.7. The predicted molar refractivity (Wildman–Crippen MR) is 99.1 cm³/mol. The number of hydrogen-bond donors (Lipinski definition) is 1. The summed E-state index contributed by atoms with van der Waals surface area (Å²) in [7, 11) is 0. The highest BCUT2D eigenvalue weighted by atomic mass is 79.9. The second-order valence-corrected chi connectivity index (χ2v) is 6.53. The summed E-state index contributed by atoms with van der Waals surface area (Å²) in [6.07, 6.45) is 1.27. The molecule has 2 aromatic rings. The lowest BCUT2D eigenvalue weighted by atomic mass is 10.2. The van der Waals surface area contributed by atoms with Gasteiger partial charge in [0.15, 0.2) is 0 Å². The summed E-state index contributed by atoms with van der Waals surface area (Å²) in [5.74, 6) is 0.681. The molecule has 0 saturated carbocycles. The second-order valence-electron chi connectivity index (χ2n) is 4.69. The van der Waals surface area contributed by atoms with Gasteiger partial charge in [-0.3, -0.25) is 14.9 Å². The van der Waals surface area contributed by atoms with E-state index in [1.54, 1.807) is 18.2 Å². The first-order chi connectivity index (χ1) is 11.6. The number of carbonyl (C=O) groups excluding carboxylic acids is 1. The molecule has 124 valence electrons. The zero-order chi connectivity index (χ0) is 17.4. The van der Waals surface area contributed by atoms with Crippen molar-refractivity contribution in [1.29, 1.82) is 0 Å². The van der Waals surface area contributed by atoms with E-state index in [0.717, 1.165) is 10.0 Å². The van der Waals surface area contributed by atoms with E-state index in [2.05, 4.69) is 26.5 Å². The van der Waals surface area contributed by atoms with Crippen LogP contribution in [0.4, 0.5) is 5.69 Å². The number of thioether (sulfide) groups is 1. The number of nitro groups is 1. The van der Waals surface area contributed by atoms with Crippen LogP contribution in [0.25, 0.3) is 0 Å². The van der Waals surface area contributed by atoms with Crippen LogP contribution in [0.5, 0.6) is 0 Å². The third kappa shape index (κ3) is 5.47. The lowest BCUT2D eigenvalue weighted by Crippen LogP contribution is -2.19. The lowest BCUT2D eigenvalue weighted by Gasteiger charge is -2.03. The maximum Gasteiger partial charge on any atom is 0.278 e. The number of amides is 1. The monoisotopic (exact) mass is 407 g/mol. The van der Waals surface area contributed by atoms with Crippen LogP contribution in [0, 0.1) is 10.1 Å². The molecule has 0 saturated heterocycles. The third-order valence-corrected chi connectivity index (χ3v) is 4.73. The first kappa shape index (κ1) is 18.2. The molecule has 0 unspecified atom stereocenters. The van der Waals surface area contributed by atoms with E-state index in [9.17, 15) is 14.9 Å². The Hall–Kier alpha value is -2.19. The Bertz CT molecular complexity index is 768. The molecule has 0 spiro atoms. The molecule has 0 fully saturated rings. The van der Waals surface area contributed by atoms with E-state index < -0.39 is 4.92 Å². The maximum atomic E-state index is 11.7. The fourth-order valence-electron chi connectivity index (χ4n) is 1.84. The first-order valence-corrected chi connectivity index (χ1v) is 8.89. The maximum absolute atomic E-state index is 11.7. The van der Waals surface area contributed by atoms with Gasteiger partial charge in [0.05, 0.1) is 22.5 Å². The van der Waals surface area contributed by atoms with Crippen molar-refractivity contribution in [3.8, 4) is 0 Å². The summed E-state index contributed by atoms with van der Waals surface area (Å²) >= 11 is 4.92. The molecule has 0 bridgehead atoms. The Labute approximate surface area is 151 Å². The van der Waals surface area contributed by atoms with Crippen molar-refractivity contribution in [2.45, 2.75) is 5.75 Å². The van der Waals surface area contributed by atoms with Gasteiger partial charge < -0.3 is 0 Å². The van der Waals surface area contributed by atoms with E-state index in [1.165, 1.54) is 24.0 Å². The summed E-state index contributed by atoms with van der Waals surface area (Å²) in [5.41, 5.74) is 3.76. The molecule has 1 amide bonds. The Kier molecular flexibility index (Phi) is 6.95. The molecule has 2 rings (SSSR count). The van der Waals surface area contributed by atoms with E-state index in [4.69, 9.17) is 0 Å². The standard InChI is InChI=1S/C16H14BrN3O3S/c17-14-7-3-1-6-13(14)10-24-11-16(21)19-18-9-12-5-2-4-8-15(12)20(22)23/h1-9H,10-11H2,(H,19,21). The Morgan fingerprint density at radius 3 is 2.71 bits per heavy atom. The number of carbonyl (C=O) groups is 1. The van der Waals surface area contributed by atoms with Crippen LogP contribution < -0.4 is 5.43 Å². The topological polar surface area (TPSA) is 84.6 Å². The van der Waals surface area contributed by atoms with Crippen molar-refractivity contribution in [2.24, 2.45) is 5.10 Å². The highest BCUT2D eigenvalue weighted by molar-refractivity contribution is 9.10. The van der Waals surface area contributed by atoms with E-state index in [0.29, 0.717) is 11.3 Å². The highest BCUT2D eigenvalue weighted by Crippen LogP contribution is 2.21. The Morgan fingerprint density at radius 2 is 1.96 bits per heavy atom. The van der Waals surface area contributed by atoms with E-state index in [-0.39, 0.29) is 17.3 Å². The molecular formula is C16H14BrN3O3S. The number of nitro benzene ring substituents is 1. The number of benzene rings is 2. The number of hydrazone groups is 1. The molecule has 0 aromatic heterocycles. The fourth-order valence-corrected chi connectivity index (χ4v) is 3.27. The third-order valence-electron chi connectivity index (χ3n) is 2.97. The molecule has 6 nitrogen and oxygen atoms in total. The van der Waals surface area contributed by atoms with Gasteiger partial charge in [-0.15, -0.1) is 11.8 Å². The zero-order valence-electron chi connectivity index (χ0n) is 12.5. The van der Waals surface area contributed by atoms with Gasteiger partial charge >= 0.3 is 0 Å². The van der Waals surface area contributed by atoms with Crippen molar-refractivity contribution in [3.63, 3.8) is 0 Å². The predicted octanol–water partition coefficient (Wildman–Crippen LogP) is 3.74. The zero-order valence-corrected chi connectivity index (χ0v) is 14.9. The minimum Gasteiger partial charge on any atom is -0.272 e. The summed E-state index contributed by atoms with van der Waals surface area (Å²) in [6.45, 7) is 0. The van der Waals surface area contributed by atoms with Crippen molar-refractivity contribution < 1.29 is 9.72 Å². The number of halogens is 1. The van der Waals surface area contributed by atoms with Gasteiger partial charge in [-0.05, 0) is 17.7 Å². The quantitative estimate of drug-likeness (QED) is 0.430. The van der Waals surface area contributed by atoms with Gasteiger partial charge in [0, 0.05) is 16.3 Å². The van der Waals surface area contributed by atoms with Gasteiger partial charge in [-0.25, -0.2) is 5.43 Å². The van der Waals surface area contributed by atoms with Crippen LogP contribution in [-0.4, -0.2) is 22.8 Å². The smallest absolute Gasteiger partial charge is 0.272 e. The molecule has 0 aliphatic heterocycles. The number of rotatable bonds is 7.